The fourth-order valence-corrected chi connectivity index (χ4v) is 1.98. The number of para-hydroxylation sites is 1. The van der Waals surface area contributed by atoms with Crippen molar-refractivity contribution in [3.05, 3.63) is 52.3 Å². The van der Waals surface area contributed by atoms with Crippen molar-refractivity contribution in [3.8, 4) is 11.8 Å². The first-order valence-corrected chi connectivity index (χ1v) is 6.46. The van der Waals surface area contributed by atoms with Crippen LogP contribution >= 0.6 is 15.9 Å². The van der Waals surface area contributed by atoms with Crippen LogP contribution < -0.4 is 10.1 Å². The Hall–Kier alpha value is -2.39. The van der Waals surface area contributed by atoms with Crippen molar-refractivity contribution in [2.24, 2.45) is 0 Å². The minimum absolute atomic E-state index is 0.245. The molecular weight excluding hydrogens is 322 g/mol. The first kappa shape index (κ1) is 14.0. The van der Waals surface area contributed by atoms with E-state index in [2.05, 4.69) is 26.2 Å². The molecule has 6 heteroatoms. The summed E-state index contributed by atoms with van der Waals surface area (Å²) in [5.41, 5.74) is 0.908. The summed E-state index contributed by atoms with van der Waals surface area (Å²) in [6, 6.07) is 12.0. The maximum absolute atomic E-state index is 12.1. The summed E-state index contributed by atoms with van der Waals surface area (Å²) >= 11 is 3.20. The number of nitrogens with zero attached hydrogens (tertiary/aromatic N) is 2. The van der Waals surface area contributed by atoms with Gasteiger partial charge in [-0.05, 0) is 40.2 Å². The molecule has 0 aliphatic carbocycles. The number of ether oxygens (including phenoxy) is 1. The Morgan fingerprint density at radius 1 is 1.35 bits per heavy atom. The molecule has 2 aromatic rings. The van der Waals surface area contributed by atoms with Crippen LogP contribution in [0.1, 0.15) is 16.1 Å². The van der Waals surface area contributed by atoms with Gasteiger partial charge in [-0.1, -0.05) is 12.1 Å². The number of nitriles is 1. The lowest BCUT2D eigenvalue weighted by atomic mass is 10.1. The fourth-order valence-electron chi connectivity index (χ4n) is 1.64. The highest BCUT2D eigenvalue weighted by molar-refractivity contribution is 9.10. The van der Waals surface area contributed by atoms with Crippen molar-refractivity contribution >= 4 is 27.5 Å². The second kappa shape index (κ2) is 6.17. The van der Waals surface area contributed by atoms with Crippen molar-refractivity contribution in [2.75, 3.05) is 12.4 Å². The van der Waals surface area contributed by atoms with Gasteiger partial charge in [0.15, 0.2) is 0 Å². The summed E-state index contributed by atoms with van der Waals surface area (Å²) in [6.45, 7) is 0. The number of nitrogens with one attached hydrogen (secondary N) is 1. The van der Waals surface area contributed by atoms with E-state index in [9.17, 15) is 4.79 Å². The van der Waals surface area contributed by atoms with E-state index in [0.29, 0.717) is 21.6 Å². The lowest BCUT2D eigenvalue weighted by Crippen LogP contribution is -2.15. The molecule has 0 saturated heterocycles. The van der Waals surface area contributed by atoms with E-state index in [1.54, 1.807) is 36.4 Å². The standard InChI is InChI=1S/C14H10BrN3O2/c1-20-11-6-2-4-9(8-16)13(11)18-14(19)10-5-3-7-12(15)17-10/h2-7H,1H3,(H,18,19). The van der Waals surface area contributed by atoms with Gasteiger partial charge in [0.25, 0.3) is 5.91 Å². The molecule has 1 heterocycles. The maximum atomic E-state index is 12.1. The summed E-state index contributed by atoms with van der Waals surface area (Å²) < 4.78 is 5.71. The Morgan fingerprint density at radius 3 is 2.75 bits per heavy atom. The normalized spacial score (nSPS) is 9.65. The third-order valence-electron chi connectivity index (χ3n) is 2.55. The Labute approximate surface area is 124 Å². The molecule has 0 atom stereocenters. The fraction of sp³-hybridized carbons (Fsp3) is 0.0714. The average molecular weight is 332 g/mol. The second-order valence-corrected chi connectivity index (χ2v) is 4.61. The smallest absolute Gasteiger partial charge is 0.274 e. The number of methoxy groups -OCH3 is 1. The Balaban J connectivity index is 2.35. The monoisotopic (exact) mass is 331 g/mol. The number of pyridine rings is 1. The molecule has 0 bridgehead atoms. The van der Waals surface area contributed by atoms with E-state index in [1.165, 1.54) is 7.11 Å². The highest BCUT2D eigenvalue weighted by Crippen LogP contribution is 2.28. The lowest BCUT2D eigenvalue weighted by Gasteiger charge is -2.11. The molecule has 1 aromatic carbocycles. The summed E-state index contributed by atoms with van der Waals surface area (Å²) in [7, 11) is 1.48. The number of hydrogen-bond acceptors (Lipinski definition) is 4. The molecule has 0 spiro atoms. The van der Waals surface area contributed by atoms with Crippen LogP contribution in [0.5, 0.6) is 5.75 Å². The molecular formula is C14H10BrN3O2. The Bertz CT molecular complexity index is 695. The number of halogens is 1. The van der Waals surface area contributed by atoms with Crippen LogP contribution in [0, 0.1) is 11.3 Å². The van der Waals surface area contributed by atoms with E-state index in [-0.39, 0.29) is 5.69 Å². The lowest BCUT2D eigenvalue weighted by molar-refractivity contribution is 0.102. The number of benzene rings is 1. The van der Waals surface area contributed by atoms with Crippen molar-refractivity contribution in [1.82, 2.24) is 4.98 Å². The molecule has 0 saturated carbocycles. The van der Waals surface area contributed by atoms with Gasteiger partial charge in [0.1, 0.15) is 27.8 Å². The van der Waals surface area contributed by atoms with Gasteiger partial charge in [0.2, 0.25) is 0 Å². The van der Waals surface area contributed by atoms with E-state index in [0.717, 1.165) is 0 Å². The van der Waals surface area contributed by atoms with Gasteiger partial charge < -0.3 is 10.1 Å². The molecule has 0 aliphatic heterocycles. The van der Waals surface area contributed by atoms with Crippen LogP contribution in [-0.4, -0.2) is 18.0 Å². The van der Waals surface area contributed by atoms with E-state index in [1.807, 2.05) is 6.07 Å². The van der Waals surface area contributed by atoms with Gasteiger partial charge in [-0.3, -0.25) is 4.79 Å². The summed E-state index contributed by atoms with van der Waals surface area (Å²) in [5, 5.41) is 11.7. The van der Waals surface area contributed by atoms with Gasteiger partial charge in [-0.25, -0.2) is 4.98 Å². The number of amides is 1. The molecule has 0 aliphatic rings. The van der Waals surface area contributed by atoms with Gasteiger partial charge >= 0.3 is 0 Å². The molecule has 5 nitrogen and oxygen atoms in total. The van der Waals surface area contributed by atoms with Crippen LogP contribution in [0.3, 0.4) is 0 Å². The summed E-state index contributed by atoms with van der Waals surface area (Å²) in [4.78, 5) is 16.2. The van der Waals surface area contributed by atoms with Gasteiger partial charge in [-0.2, -0.15) is 5.26 Å². The van der Waals surface area contributed by atoms with Crippen LogP contribution in [0.2, 0.25) is 0 Å². The van der Waals surface area contributed by atoms with Gasteiger partial charge in [0.05, 0.1) is 12.7 Å². The Morgan fingerprint density at radius 2 is 2.10 bits per heavy atom. The molecule has 1 N–H and O–H groups in total. The molecule has 1 amide bonds. The van der Waals surface area contributed by atoms with E-state index < -0.39 is 5.91 Å². The highest BCUT2D eigenvalue weighted by atomic mass is 79.9. The maximum Gasteiger partial charge on any atom is 0.274 e. The first-order chi connectivity index (χ1) is 9.65. The number of aromatic nitrogens is 1. The second-order valence-electron chi connectivity index (χ2n) is 3.79. The molecule has 100 valence electrons. The number of rotatable bonds is 3. The topological polar surface area (TPSA) is 75.0 Å². The summed E-state index contributed by atoms with van der Waals surface area (Å²) in [5.74, 6) is 0.0136. The number of carbonyl (C=O) groups is 1. The van der Waals surface area contributed by atoms with Crippen molar-refractivity contribution in [1.29, 1.82) is 5.26 Å². The minimum Gasteiger partial charge on any atom is -0.495 e. The largest absolute Gasteiger partial charge is 0.495 e. The van der Waals surface area contributed by atoms with E-state index >= 15 is 0 Å². The molecule has 0 unspecified atom stereocenters. The molecule has 0 radical (unpaired) electrons. The number of carbonyl (C=O) groups excluding carboxylic acids is 1. The zero-order valence-corrected chi connectivity index (χ0v) is 12.1. The van der Waals surface area contributed by atoms with E-state index in [4.69, 9.17) is 10.00 Å². The molecule has 1 aromatic heterocycles. The van der Waals surface area contributed by atoms with Crippen LogP contribution in [-0.2, 0) is 0 Å². The van der Waals surface area contributed by atoms with Crippen LogP contribution in [0.25, 0.3) is 0 Å². The van der Waals surface area contributed by atoms with Crippen molar-refractivity contribution in [3.63, 3.8) is 0 Å². The van der Waals surface area contributed by atoms with Crippen LogP contribution in [0.15, 0.2) is 41.0 Å². The number of hydrogen-bond donors (Lipinski definition) is 1. The quantitative estimate of drug-likeness (QED) is 0.877. The van der Waals surface area contributed by atoms with Crippen molar-refractivity contribution < 1.29 is 9.53 Å². The van der Waals surface area contributed by atoms with Gasteiger partial charge in [-0.15, -0.1) is 0 Å². The minimum atomic E-state index is -0.410. The predicted octanol–water partition coefficient (Wildman–Crippen LogP) is 2.98. The molecule has 0 fully saturated rings. The predicted molar refractivity (Wildman–Crippen MR) is 77.6 cm³/mol. The molecule has 2 rings (SSSR count). The highest BCUT2D eigenvalue weighted by Gasteiger charge is 2.14. The molecule has 20 heavy (non-hydrogen) atoms. The summed E-state index contributed by atoms with van der Waals surface area (Å²) in [6.07, 6.45) is 0. The zero-order chi connectivity index (χ0) is 14.5. The van der Waals surface area contributed by atoms with Crippen LogP contribution in [0.4, 0.5) is 5.69 Å². The SMILES string of the molecule is COc1cccc(C#N)c1NC(=O)c1cccc(Br)n1. The third kappa shape index (κ3) is 2.95. The van der Waals surface area contributed by atoms with Gasteiger partial charge in [0, 0.05) is 0 Å². The Kier molecular flexibility index (Phi) is 4.33. The first-order valence-electron chi connectivity index (χ1n) is 5.66. The zero-order valence-electron chi connectivity index (χ0n) is 10.6. The number of anilines is 1. The third-order valence-corrected chi connectivity index (χ3v) is 2.99. The van der Waals surface area contributed by atoms with Crippen molar-refractivity contribution in [2.45, 2.75) is 0 Å². The average Bonchev–Trinajstić information content (AvgIpc) is 2.47.